The van der Waals surface area contributed by atoms with E-state index in [9.17, 15) is 0 Å². The van der Waals surface area contributed by atoms with Crippen LogP contribution in [0.3, 0.4) is 0 Å². The predicted molar refractivity (Wildman–Crippen MR) is 84.5 cm³/mol. The first-order valence-electron chi connectivity index (χ1n) is 7.03. The van der Waals surface area contributed by atoms with Gasteiger partial charge in [0.15, 0.2) is 11.5 Å². The van der Waals surface area contributed by atoms with Crippen LogP contribution in [-0.2, 0) is 6.54 Å². The topological polar surface area (TPSA) is 50.7 Å². The SMILES string of the molecule is CCCOc1c(Br)cc(CNCCCCO)cc1OC. The van der Waals surface area contributed by atoms with Crippen LogP contribution in [0.1, 0.15) is 31.7 Å². The molecule has 0 atom stereocenters. The Morgan fingerprint density at radius 1 is 1.30 bits per heavy atom. The van der Waals surface area contributed by atoms with Crippen molar-refractivity contribution in [3.63, 3.8) is 0 Å². The fourth-order valence-corrected chi connectivity index (χ4v) is 2.42. The number of ether oxygens (including phenoxy) is 2. The second-order valence-electron chi connectivity index (χ2n) is 4.56. The molecule has 0 saturated heterocycles. The van der Waals surface area contributed by atoms with Crippen molar-refractivity contribution >= 4 is 15.9 Å². The zero-order valence-corrected chi connectivity index (χ0v) is 13.8. The molecular formula is C15H24BrNO3. The van der Waals surface area contributed by atoms with Crippen molar-refractivity contribution in [3.05, 3.63) is 22.2 Å². The lowest BCUT2D eigenvalue weighted by Gasteiger charge is -2.14. The van der Waals surface area contributed by atoms with Crippen molar-refractivity contribution in [2.24, 2.45) is 0 Å². The van der Waals surface area contributed by atoms with E-state index in [2.05, 4.69) is 28.2 Å². The van der Waals surface area contributed by atoms with Crippen molar-refractivity contribution in [3.8, 4) is 11.5 Å². The Kier molecular flexibility index (Phi) is 8.65. The standard InChI is InChI=1S/C15H24BrNO3/c1-3-8-20-15-13(16)9-12(10-14(15)19-2)11-17-6-4-5-7-18/h9-10,17-18H,3-8,11H2,1-2H3. The van der Waals surface area contributed by atoms with Crippen LogP contribution in [0.15, 0.2) is 16.6 Å². The van der Waals surface area contributed by atoms with E-state index in [1.807, 2.05) is 12.1 Å². The summed E-state index contributed by atoms with van der Waals surface area (Å²) in [6.07, 6.45) is 2.78. The lowest BCUT2D eigenvalue weighted by molar-refractivity contribution is 0.283. The Balaban J connectivity index is 2.62. The number of aliphatic hydroxyl groups is 1. The average molecular weight is 346 g/mol. The molecular weight excluding hydrogens is 322 g/mol. The summed E-state index contributed by atoms with van der Waals surface area (Å²) in [5.74, 6) is 1.51. The largest absolute Gasteiger partial charge is 0.493 e. The lowest BCUT2D eigenvalue weighted by Crippen LogP contribution is -2.15. The highest BCUT2D eigenvalue weighted by atomic mass is 79.9. The van der Waals surface area contributed by atoms with E-state index < -0.39 is 0 Å². The molecule has 5 heteroatoms. The summed E-state index contributed by atoms with van der Waals surface area (Å²) >= 11 is 3.54. The minimum atomic E-state index is 0.254. The van der Waals surface area contributed by atoms with Gasteiger partial charge in [-0.1, -0.05) is 6.92 Å². The molecule has 20 heavy (non-hydrogen) atoms. The second kappa shape index (κ2) is 10.0. The number of halogens is 1. The average Bonchev–Trinajstić information content (AvgIpc) is 2.45. The highest BCUT2D eigenvalue weighted by molar-refractivity contribution is 9.10. The minimum Gasteiger partial charge on any atom is -0.493 e. The van der Waals surface area contributed by atoms with Gasteiger partial charge in [-0.05, 0) is 59.4 Å². The molecule has 0 amide bonds. The third-order valence-electron chi connectivity index (χ3n) is 2.83. The van der Waals surface area contributed by atoms with Crippen LogP contribution >= 0.6 is 15.9 Å². The first-order valence-corrected chi connectivity index (χ1v) is 7.83. The number of benzene rings is 1. The number of hydrogen-bond donors (Lipinski definition) is 2. The van der Waals surface area contributed by atoms with Gasteiger partial charge in [0, 0.05) is 13.2 Å². The maximum Gasteiger partial charge on any atom is 0.175 e. The van der Waals surface area contributed by atoms with Gasteiger partial charge in [-0.25, -0.2) is 0 Å². The summed E-state index contributed by atoms with van der Waals surface area (Å²) in [6, 6.07) is 4.04. The number of hydrogen-bond acceptors (Lipinski definition) is 4. The molecule has 0 unspecified atom stereocenters. The molecule has 1 aromatic carbocycles. The van der Waals surface area contributed by atoms with Crippen LogP contribution in [0.5, 0.6) is 11.5 Å². The maximum atomic E-state index is 8.72. The Hall–Kier alpha value is -0.780. The van der Waals surface area contributed by atoms with E-state index >= 15 is 0 Å². The van der Waals surface area contributed by atoms with Gasteiger partial charge in [0.2, 0.25) is 0 Å². The quantitative estimate of drug-likeness (QED) is 0.639. The molecule has 0 aliphatic carbocycles. The summed E-state index contributed by atoms with van der Waals surface area (Å²) < 4.78 is 12.0. The van der Waals surface area contributed by atoms with Gasteiger partial charge in [-0.2, -0.15) is 0 Å². The monoisotopic (exact) mass is 345 g/mol. The molecule has 4 nitrogen and oxygen atoms in total. The highest BCUT2D eigenvalue weighted by Gasteiger charge is 2.11. The van der Waals surface area contributed by atoms with Crippen LogP contribution in [-0.4, -0.2) is 32.0 Å². The molecule has 1 aromatic rings. The van der Waals surface area contributed by atoms with Crippen molar-refractivity contribution in [1.29, 1.82) is 0 Å². The van der Waals surface area contributed by atoms with E-state index in [0.29, 0.717) is 6.61 Å². The normalized spacial score (nSPS) is 10.6. The van der Waals surface area contributed by atoms with Gasteiger partial charge in [-0.15, -0.1) is 0 Å². The third-order valence-corrected chi connectivity index (χ3v) is 3.42. The minimum absolute atomic E-state index is 0.254. The van der Waals surface area contributed by atoms with E-state index in [1.54, 1.807) is 7.11 Å². The van der Waals surface area contributed by atoms with Gasteiger partial charge < -0.3 is 19.9 Å². The zero-order valence-electron chi connectivity index (χ0n) is 12.2. The maximum absolute atomic E-state index is 8.72. The second-order valence-corrected chi connectivity index (χ2v) is 5.42. The fraction of sp³-hybridized carbons (Fsp3) is 0.600. The molecule has 0 aliphatic rings. The van der Waals surface area contributed by atoms with Gasteiger partial charge in [0.25, 0.3) is 0 Å². The Bertz CT molecular complexity index is 399. The molecule has 0 bridgehead atoms. The van der Waals surface area contributed by atoms with E-state index in [-0.39, 0.29) is 6.61 Å². The fourth-order valence-electron chi connectivity index (χ4n) is 1.81. The first-order chi connectivity index (χ1) is 9.72. The predicted octanol–water partition coefficient (Wildman–Crippen LogP) is 3.11. The molecule has 0 aliphatic heterocycles. The third kappa shape index (κ3) is 5.69. The molecule has 0 saturated carbocycles. The molecule has 2 N–H and O–H groups in total. The molecule has 114 valence electrons. The number of nitrogens with one attached hydrogen (secondary N) is 1. The summed E-state index contributed by atoms with van der Waals surface area (Å²) in [4.78, 5) is 0. The van der Waals surface area contributed by atoms with Crippen molar-refractivity contribution < 1.29 is 14.6 Å². The van der Waals surface area contributed by atoms with Crippen LogP contribution in [0.25, 0.3) is 0 Å². The van der Waals surface area contributed by atoms with E-state index in [0.717, 1.165) is 53.9 Å². The first kappa shape index (κ1) is 17.3. The molecule has 1 rings (SSSR count). The lowest BCUT2D eigenvalue weighted by atomic mass is 10.2. The molecule has 0 fully saturated rings. The summed E-state index contributed by atoms with van der Waals surface area (Å²) in [7, 11) is 1.65. The number of rotatable bonds is 10. The number of methoxy groups -OCH3 is 1. The van der Waals surface area contributed by atoms with E-state index in [4.69, 9.17) is 14.6 Å². The Labute approximate surface area is 129 Å². The summed E-state index contributed by atoms with van der Waals surface area (Å²) in [5, 5.41) is 12.1. The molecule has 0 heterocycles. The number of aliphatic hydroxyl groups excluding tert-OH is 1. The van der Waals surface area contributed by atoms with Crippen molar-refractivity contribution in [2.75, 3.05) is 26.9 Å². The highest BCUT2D eigenvalue weighted by Crippen LogP contribution is 2.36. The van der Waals surface area contributed by atoms with Crippen LogP contribution in [0.4, 0.5) is 0 Å². The summed E-state index contributed by atoms with van der Waals surface area (Å²) in [6.45, 7) is 4.67. The number of unbranched alkanes of at least 4 members (excludes halogenated alkanes) is 1. The summed E-state index contributed by atoms with van der Waals surface area (Å²) in [5.41, 5.74) is 1.14. The van der Waals surface area contributed by atoms with Crippen LogP contribution < -0.4 is 14.8 Å². The zero-order chi connectivity index (χ0) is 14.8. The van der Waals surface area contributed by atoms with Crippen LogP contribution in [0.2, 0.25) is 0 Å². The Morgan fingerprint density at radius 3 is 2.75 bits per heavy atom. The molecule has 0 aromatic heterocycles. The molecule has 0 spiro atoms. The van der Waals surface area contributed by atoms with Gasteiger partial charge in [-0.3, -0.25) is 0 Å². The van der Waals surface area contributed by atoms with Gasteiger partial charge in [0.05, 0.1) is 18.2 Å². The molecule has 0 radical (unpaired) electrons. The van der Waals surface area contributed by atoms with E-state index in [1.165, 1.54) is 0 Å². The van der Waals surface area contributed by atoms with Crippen molar-refractivity contribution in [1.82, 2.24) is 5.32 Å². The Morgan fingerprint density at radius 2 is 2.10 bits per heavy atom. The van der Waals surface area contributed by atoms with Gasteiger partial charge in [0.1, 0.15) is 0 Å². The van der Waals surface area contributed by atoms with Gasteiger partial charge >= 0.3 is 0 Å². The van der Waals surface area contributed by atoms with Crippen molar-refractivity contribution in [2.45, 2.75) is 32.7 Å². The smallest absolute Gasteiger partial charge is 0.175 e. The van der Waals surface area contributed by atoms with Crippen LogP contribution in [0, 0.1) is 0 Å².